The normalized spacial score (nSPS) is 15.0. The van der Waals surface area contributed by atoms with E-state index in [0.717, 1.165) is 39.9 Å². The number of fused-ring (bicyclic) bond motifs is 2. The number of carbonyl (C=O) groups is 2. The Bertz CT molecular complexity index is 2020. The fourth-order valence-electron chi connectivity index (χ4n) is 5.58. The number of anilines is 1. The Kier molecular flexibility index (Phi) is 7.28. The molecule has 2 N–H and O–H groups in total. The molecule has 220 valence electrons. The van der Waals surface area contributed by atoms with E-state index in [9.17, 15) is 9.59 Å². The summed E-state index contributed by atoms with van der Waals surface area (Å²) < 4.78 is 18.2. The number of benzene rings is 2. The highest BCUT2D eigenvalue weighted by Crippen LogP contribution is 2.39. The summed E-state index contributed by atoms with van der Waals surface area (Å²) in [4.78, 5) is 37.9. The van der Waals surface area contributed by atoms with Crippen LogP contribution in [0.15, 0.2) is 79.1 Å². The van der Waals surface area contributed by atoms with Crippen molar-refractivity contribution < 1.29 is 14.0 Å². The summed E-state index contributed by atoms with van der Waals surface area (Å²) >= 11 is 1.57. The number of nitrogens with zero attached hydrogens (tertiary/aromatic N) is 6. The standard InChI is InChI=1S/C32H27FN8O2S/c1-34-31(42)20-8-6-19(7-9-20)28-17-24-27(44-28)12-15-37-29(24)40(22-4-2-13-35-18-22)32(43)23-11-10-21(16-25(23)33)41-30-26(38-39-41)5-3-14-36-30/h3,5-12,14-17,22,35H,2,4,13,18H2,1H3,(H,34,42)/t22-/m1/s1. The van der Waals surface area contributed by atoms with E-state index in [2.05, 4.69) is 30.9 Å². The van der Waals surface area contributed by atoms with Gasteiger partial charge in [0.1, 0.15) is 17.2 Å². The SMILES string of the molecule is CNC(=O)c1ccc(-c2cc3c(N(C(=O)c4ccc(-n5nnc6cccnc65)cc4F)[C@@H]4CCCNC4)nccc3s2)cc1. The monoisotopic (exact) mass is 606 g/mol. The zero-order chi connectivity index (χ0) is 30.2. The summed E-state index contributed by atoms with van der Waals surface area (Å²) in [5.74, 6) is -0.802. The molecule has 1 aliphatic heterocycles. The average molecular weight is 607 g/mol. The van der Waals surface area contributed by atoms with Crippen LogP contribution >= 0.6 is 11.3 Å². The predicted molar refractivity (Wildman–Crippen MR) is 168 cm³/mol. The Morgan fingerprint density at radius 1 is 1.07 bits per heavy atom. The maximum Gasteiger partial charge on any atom is 0.262 e. The average Bonchev–Trinajstić information content (AvgIpc) is 3.70. The molecule has 2 amide bonds. The van der Waals surface area contributed by atoms with Gasteiger partial charge in [0.25, 0.3) is 11.8 Å². The number of rotatable bonds is 6. The molecule has 0 bridgehead atoms. The highest BCUT2D eigenvalue weighted by Gasteiger charge is 2.32. The number of halogens is 1. The van der Waals surface area contributed by atoms with Gasteiger partial charge in [0.2, 0.25) is 0 Å². The van der Waals surface area contributed by atoms with Gasteiger partial charge in [-0.25, -0.2) is 14.4 Å². The van der Waals surface area contributed by atoms with Crippen molar-refractivity contribution in [1.82, 2.24) is 35.6 Å². The molecule has 2 aromatic carbocycles. The largest absolute Gasteiger partial charge is 0.355 e. The molecule has 0 spiro atoms. The van der Waals surface area contributed by atoms with Crippen molar-refractivity contribution in [3.8, 4) is 16.1 Å². The number of aromatic nitrogens is 5. The molecule has 1 aliphatic rings. The van der Waals surface area contributed by atoms with Gasteiger partial charge in [0, 0.05) is 52.6 Å². The Hall–Kier alpha value is -5.07. The summed E-state index contributed by atoms with van der Waals surface area (Å²) in [6, 6.07) is 19.0. The van der Waals surface area contributed by atoms with E-state index in [0.29, 0.717) is 34.8 Å². The second-order valence-corrected chi connectivity index (χ2v) is 11.6. The molecule has 7 rings (SSSR count). The maximum atomic E-state index is 15.8. The minimum atomic E-state index is -0.671. The van der Waals surface area contributed by atoms with Gasteiger partial charge in [0.05, 0.1) is 17.3 Å². The van der Waals surface area contributed by atoms with E-state index >= 15 is 4.39 Å². The second-order valence-electron chi connectivity index (χ2n) is 10.5. The molecule has 10 nitrogen and oxygen atoms in total. The summed E-state index contributed by atoms with van der Waals surface area (Å²) in [6.45, 7) is 1.42. The first-order valence-electron chi connectivity index (χ1n) is 14.2. The first-order valence-corrected chi connectivity index (χ1v) is 15.0. The van der Waals surface area contributed by atoms with E-state index in [1.165, 1.54) is 16.8 Å². The highest BCUT2D eigenvalue weighted by atomic mass is 32.1. The molecular weight excluding hydrogens is 579 g/mol. The molecule has 0 saturated carbocycles. The van der Waals surface area contributed by atoms with Crippen LogP contribution in [0.2, 0.25) is 0 Å². The van der Waals surface area contributed by atoms with Crippen LogP contribution in [0, 0.1) is 5.82 Å². The zero-order valence-electron chi connectivity index (χ0n) is 23.7. The number of hydrogen-bond donors (Lipinski definition) is 2. The van der Waals surface area contributed by atoms with Gasteiger partial charge in [-0.15, -0.1) is 16.4 Å². The smallest absolute Gasteiger partial charge is 0.262 e. The lowest BCUT2D eigenvalue weighted by molar-refractivity contribution is 0.0957. The molecule has 6 aromatic rings. The number of amides is 2. The summed E-state index contributed by atoms with van der Waals surface area (Å²) in [5.41, 5.74) is 2.95. The predicted octanol–water partition coefficient (Wildman–Crippen LogP) is 4.99. The number of piperidine rings is 1. The Morgan fingerprint density at radius 3 is 2.70 bits per heavy atom. The Morgan fingerprint density at radius 2 is 1.93 bits per heavy atom. The van der Waals surface area contributed by atoms with Crippen molar-refractivity contribution in [3.05, 3.63) is 96.1 Å². The molecule has 0 unspecified atom stereocenters. The van der Waals surface area contributed by atoms with E-state index in [4.69, 9.17) is 0 Å². The molecule has 0 aliphatic carbocycles. The van der Waals surface area contributed by atoms with E-state index in [-0.39, 0.29) is 17.5 Å². The molecular formula is C32H27FN8O2S. The van der Waals surface area contributed by atoms with Gasteiger partial charge in [-0.05, 0) is 73.5 Å². The van der Waals surface area contributed by atoms with E-state index in [1.54, 1.807) is 66.0 Å². The highest BCUT2D eigenvalue weighted by molar-refractivity contribution is 7.22. The topological polar surface area (TPSA) is 118 Å². The fraction of sp³-hybridized carbons (Fsp3) is 0.188. The Labute approximate surface area is 255 Å². The number of carbonyl (C=O) groups excluding carboxylic acids is 2. The number of nitrogens with one attached hydrogen (secondary N) is 2. The van der Waals surface area contributed by atoms with Gasteiger partial charge in [-0.1, -0.05) is 17.3 Å². The number of hydrogen-bond acceptors (Lipinski definition) is 8. The Balaban J connectivity index is 1.28. The molecule has 1 atom stereocenters. The molecule has 5 heterocycles. The van der Waals surface area contributed by atoms with Crippen LogP contribution in [0.3, 0.4) is 0 Å². The van der Waals surface area contributed by atoms with E-state index in [1.807, 2.05) is 24.3 Å². The van der Waals surface area contributed by atoms with Crippen LogP contribution in [0.1, 0.15) is 33.6 Å². The number of thiophene rings is 1. The van der Waals surface area contributed by atoms with Crippen molar-refractivity contribution in [3.63, 3.8) is 0 Å². The quantitative estimate of drug-likeness (QED) is 0.274. The van der Waals surface area contributed by atoms with E-state index < -0.39 is 11.7 Å². The molecule has 1 fully saturated rings. The summed E-state index contributed by atoms with van der Waals surface area (Å²) in [6.07, 6.45) is 4.94. The first kappa shape index (κ1) is 27.7. The third kappa shape index (κ3) is 4.97. The third-order valence-corrected chi connectivity index (χ3v) is 8.95. The molecule has 12 heteroatoms. The molecule has 4 aromatic heterocycles. The molecule has 0 radical (unpaired) electrons. The third-order valence-electron chi connectivity index (χ3n) is 7.80. The van der Waals surface area contributed by atoms with Gasteiger partial charge >= 0.3 is 0 Å². The number of pyridine rings is 2. The van der Waals surface area contributed by atoms with Gasteiger partial charge in [-0.3, -0.25) is 14.5 Å². The van der Waals surface area contributed by atoms with Crippen LogP contribution < -0.4 is 15.5 Å². The van der Waals surface area contributed by atoms with Gasteiger partial charge < -0.3 is 10.6 Å². The fourth-order valence-corrected chi connectivity index (χ4v) is 6.64. The van der Waals surface area contributed by atoms with Crippen LogP contribution in [0.5, 0.6) is 0 Å². The second kappa shape index (κ2) is 11.5. The van der Waals surface area contributed by atoms with Crippen molar-refractivity contribution >= 4 is 50.2 Å². The molecule has 44 heavy (non-hydrogen) atoms. The molecule has 1 saturated heterocycles. The lowest BCUT2D eigenvalue weighted by atomic mass is 10.0. The van der Waals surface area contributed by atoms with Crippen LogP contribution in [0.25, 0.3) is 37.4 Å². The van der Waals surface area contributed by atoms with Crippen LogP contribution in [-0.2, 0) is 0 Å². The summed E-state index contributed by atoms with van der Waals surface area (Å²) in [7, 11) is 1.60. The van der Waals surface area contributed by atoms with Crippen LogP contribution in [0.4, 0.5) is 10.2 Å². The van der Waals surface area contributed by atoms with Crippen molar-refractivity contribution in [2.75, 3.05) is 25.0 Å². The van der Waals surface area contributed by atoms with Gasteiger partial charge in [0.15, 0.2) is 5.65 Å². The maximum absolute atomic E-state index is 15.8. The minimum absolute atomic E-state index is 0.0595. The van der Waals surface area contributed by atoms with Crippen LogP contribution in [-0.4, -0.2) is 63.0 Å². The van der Waals surface area contributed by atoms with Gasteiger partial charge in [-0.2, -0.15) is 4.68 Å². The lowest BCUT2D eigenvalue weighted by Gasteiger charge is -2.34. The first-order chi connectivity index (χ1) is 21.5. The van der Waals surface area contributed by atoms with Crippen molar-refractivity contribution in [2.45, 2.75) is 18.9 Å². The zero-order valence-corrected chi connectivity index (χ0v) is 24.5. The lowest BCUT2D eigenvalue weighted by Crippen LogP contribution is -2.49. The van der Waals surface area contributed by atoms with Crippen molar-refractivity contribution in [2.24, 2.45) is 0 Å². The minimum Gasteiger partial charge on any atom is -0.355 e. The summed E-state index contributed by atoms with van der Waals surface area (Å²) in [5, 5.41) is 15.0. The van der Waals surface area contributed by atoms with Crippen molar-refractivity contribution in [1.29, 1.82) is 0 Å².